The summed E-state index contributed by atoms with van der Waals surface area (Å²) in [6.45, 7) is 6.63. The molecule has 0 atom stereocenters. The average molecular weight is 309 g/mol. The summed E-state index contributed by atoms with van der Waals surface area (Å²) >= 11 is 1.55. The third kappa shape index (κ3) is 2.90. The van der Waals surface area contributed by atoms with Crippen molar-refractivity contribution in [1.29, 1.82) is 0 Å². The fourth-order valence-corrected chi connectivity index (χ4v) is 3.19. The molecular weight excluding hydrogens is 290 g/mol. The summed E-state index contributed by atoms with van der Waals surface area (Å²) in [6.07, 6.45) is 0. The zero-order valence-corrected chi connectivity index (χ0v) is 13.8. The van der Waals surface area contributed by atoms with E-state index in [4.69, 9.17) is 0 Å². The average Bonchev–Trinajstić information content (AvgIpc) is 2.96. The molecule has 0 aliphatic rings. The Balaban J connectivity index is 1.93. The molecule has 1 N–H and O–H groups in total. The lowest BCUT2D eigenvalue weighted by Crippen LogP contribution is -2.10. The molecule has 0 unspecified atom stereocenters. The molecule has 0 spiro atoms. The number of benzene rings is 2. The van der Waals surface area contributed by atoms with Crippen LogP contribution in [0.2, 0.25) is 0 Å². The molecule has 0 bridgehead atoms. The third-order valence-corrected chi connectivity index (χ3v) is 4.56. The van der Waals surface area contributed by atoms with Crippen molar-refractivity contribution in [3.8, 4) is 27.6 Å². The van der Waals surface area contributed by atoms with Crippen molar-refractivity contribution in [2.24, 2.45) is 0 Å². The summed E-state index contributed by atoms with van der Waals surface area (Å²) in [4.78, 5) is 4.66. The summed E-state index contributed by atoms with van der Waals surface area (Å²) in [6, 6.07) is 15.9. The zero-order chi connectivity index (χ0) is 15.7. The Hall–Kier alpha value is -2.13. The van der Waals surface area contributed by atoms with Crippen molar-refractivity contribution in [2.45, 2.75) is 26.2 Å². The lowest BCUT2D eigenvalue weighted by Gasteiger charge is -2.18. The highest BCUT2D eigenvalue weighted by molar-refractivity contribution is 7.13. The third-order valence-electron chi connectivity index (χ3n) is 3.69. The van der Waals surface area contributed by atoms with Crippen molar-refractivity contribution < 1.29 is 5.11 Å². The maximum atomic E-state index is 9.94. The van der Waals surface area contributed by atoms with Crippen molar-refractivity contribution in [1.82, 2.24) is 4.98 Å². The molecule has 3 aromatic rings. The molecule has 0 aliphatic heterocycles. The molecule has 0 saturated heterocycles. The summed E-state index contributed by atoms with van der Waals surface area (Å²) in [5, 5.41) is 12.8. The lowest BCUT2D eigenvalue weighted by molar-refractivity contribution is 0.477. The predicted octanol–water partition coefficient (Wildman–Crippen LogP) is 5.48. The Labute approximate surface area is 135 Å². The van der Waals surface area contributed by atoms with Crippen LogP contribution in [0.15, 0.2) is 53.9 Å². The number of aromatic nitrogens is 1. The molecule has 3 rings (SSSR count). The Bertz CT molecular complexity index is 782. The number of rotatable bonds is 2. The van der Waals surface area contributed by atoms with Crippen LogP contribution in [0.5, 0.6) is 5.75 Å². The van der Waals surface area contributed by atoms with Gasteiger partial charge in [0.2, 0.25) is 0 Å². The van der Waals surface area contributed by atoms with Gasteiger partial charge in [0.15, 0.2) is 0 Å². The lowest BCUT2D eigenvalue weighted by atomic mass is 9.86. The second kappa shape index (κ2) is 5.58. The Kier molecular flexibility index (Phi) is 3.75. The monoisotopic (exact) mass is 309 g/mol. The SMILES string of the molecule is CC(C)(C)c1ccc(-c2csc(-c3ccccc3O)n2)cc1. The number of nitrogens with zero attached hydrogens (tertiary/aromatic N) is 1. The van der Waals surface area contributed by atoms with Gasteiger partial charge in [-0.15, -0.1) is 11.3 Å². The number of hydrogen-bond acceptors (Lipinski definition) is 3. The fraction of sp³-hybridized carbons (Fsp3) is 0.211. The second-order valence-corrected chi connectivity index (χ2v) is 7.24. The van der Waals surface area contributed by atoms with E-state index < -0.39 is 0 Å². The number of phenolic OH excluding ortho intramolecular Hbond substituents is 1. The fourth-order valence-electron chi connectivity index (χ4n) is 2.33. The highest BCUT2D eigenvalue weighted by Gasteiger charge is 2.14. The van der Waals surface area contributed by atoms with Crippen molar-refractivity contribution in [3.63, 3.8) is 0 Å². The van der Waals surface area contributed by atoms with E-state index in [1.807, 2.05) is 23.6 Å². The van der Waals surface area contributed by atoms with E-state index in [0.717, 1.165) is 21.8 Å². The molecule has 2 aromatic carbocycles. The van der Waals surface area contributed by atoms with Crippen LogP contribution in [-0.2, 0) is 5.41 Å². The predicted molar refractivity (Wildman–Crippen MR) is 93.4 cm³/mol. The zero-order valence-electron chi connectivity index (χ0n) is 13.0. The minimum absolute atomic E-state index is 0.154. The van der Waals surface area contributed by atoms with Crippen LogP contribution in [0.25, 0.3) is 21.8 Å². The van der Waals surface area contributed by atoms with Crippen LogP contribution >= 0.6 is 11.3 Å². The van der Waals surface area contributed by atoms with Gasteiger partial charge in [-0.25, -0.2) is 4.98 Å². The van der Waals surface area contributed by atoms with Gasteiger partial charge >= 0.3 is 0 Å². The largest absolute Gasteiger partial charge is 0.507 e. The Morgan fingerprint density at radius 3 is 2.27 bits per heavy atom. The molecule has 0 saturated carbocycles. The van der Waals surface area contributed by atoms with Gasteiger partial charge in [-0.3, -0.25) is 0 Å². The molecule has 112 valence electrons. The Morgan fingerprint density at radius 1 is 0.955 bits per heavy atom. The standard InChI is InChI=1S/C19H19NOS/c1-19(2,3)14-10-8-13(9-11-14)16-12-22-18(20-16)15-6-4-5-7-17(15)21/h4-12,21H,1-3H3. The molecule has 2 nitrogen and oxygen atoms in total. The molecule has 1 aromatic heterocycles. The number of para-hydroxylation sites is 1. The van der Waals surface area contributed by atoms with Crippen LogP contribution in [0.3, 0.4) is 0 Å². The van der Waals surface area contributed by atoms with Crippen molar-refractivity contribution in [3.05, 3.63) is 59.5 Å². The number of aromatic hydroxyl groups is 1. The first-order valence-electron chi connectivity index (χ1n) is 7.30. The van der Waals surface area contributed by atoms with Gasteiger partial charge < -0.3 is 5.11 Å². The first-order chi connectivity index (χ1) is 10.4. The molecule has 3 heteroatoms. The smallest absolute Gasteiger partial charge is 0.127 e. The van der Waals surface area contributed by atoms with E-state index in [2.05, 4.69) is 50.0 Å². The molecule has 22 heavy (non-hydrogen) atoms. The first-order valence-corrected chi connectivity index (χ1v) is 8.18. The van der Waals surface area contributed by atoms with Crippen LogP contribution in [0.1, 0.15) is 26.3 Å². The number of phenols is 1. The summed E-state index contributed by atoms with van der Waals surface area (Å²) < 4.78 is 0. The van der Waals surface area contributed by atoms with Gasteiger partial charge in [0, 0.05) is 10.9 Å². The van der Waals surface area contributed by atoms with E-state index in [1.54, 1.807) is 17.4 Å². The molecule has 0 radical (unpaired) electrons. The molecule has 0 fully saturated rings. The van der Waals surface area contributed by atoms with E-state index >= 15 is 0 Å². The molecule has 0 aliphatic carbocycles. The topological polar surface area (TPSA) is 33.1 Å². The minimum atomic E-state index is 0.154. The van der Waals surface area contributed by atoms with Crippen LogP contribution in [-0.4, -0.2) is 10.1 Å². The molecule has 0 amide bonds. The van der Waals surface area contributed by atoms with E-state index in [1.165, 1.54) is 5.56 Å². The maximum Gasteiger partial charge on any atom is 0.127 e. The quantitative estimate of drug-likeness (QED) is 0.680. The highest BCUT2D eigenvalue weighted by atomic mass is 32.1. The van der Waals surface area contributed by atoms with E-state index in [9.17, 15) is 5.11 Å². The number of hydrogen-bond donors (Lipinski definition) is 1. The van der Waals surface area contributed by atoms with Gasteiger partial charge in [0.05, 0.1) is 11.3 Å². The van der Waals surface area contributed by atoms with Crippen LogP contribution in [0.4, 0.5) is 0 Å². The minimum Gasteiger partial charge on any atom is -0.507 e. The van der Waals surface area contributed by atoms with E-state index in [0.29, 0.717) is 0 Å². The van der Waals surface area contributed by atoms with E-state index in [-0.39, 0.29) is 11.2 Å². The van der Waals surface area contributed by atoms with Gasteiger partial charge in [0.25, 0.3) is 0 Å². The Morgan fingerprint density at radius 2 is 1.64 bits per heavy atom. The normalized spacial score (nSPS) is 11.6. The second-order valence-electron chi connectivity index (χ2n) is 6.38. The van der Waals surface area contributed by atoms with Gasteiger partial charge in [0.1, 0.15) is 10.8 Å². The van der Waals surface area contributed by atoms with Gasteiger partial charge in [-0.05, 0) is 23.1 Å². The highest BCUT2D eigenvalue weighted by Crippen LogP contribution is 2.34. The van der Waals surface area contributed by atoms with Crippen molar-refractivity contribution in [2.75, 3.05) is 0 Å². The van der Waals surface area contributed by atoms with Gasteiger partial charge in [-0.1, -0.05) is 57.2 Å². The van der Waals surface area contributed by atoms with Crippen molar-refractivity contribution >= 4 is 11.3 Å². The molecular formula is C19H19NOS. The summed E-state index contributed by atoms with van der Waals surface area (Å²) in [5.41, 5.74) is 4.30. The van der Waals surface area contributed by atoms with Crippen LogP contribution < -0.4 is 0 Å². The summed E-state index contributed by atoms with van der Waals surface area (Å²) in [7, 11) is 0. The number of thiazole rings is 1. The van der Waals surface area contributed by atoms with Gasteiger partial charge in [-0.2, -0.15) is 0 Å². The van der Waals surface area contributed by atoms with Crippen LogP contribution in [0, 0.1) is 0 Å². The first kappa shape index (κ1) is 14.8. The maximum absolute atomic E-state index is 9.94. The summed E-state index contributed by atoms with van der Waals surface area (Å²) in [5.74, 6) is 0.270. The molecule has 1 heterocycles.